The van der Waals surface area contributed by atoms with Gasteiger partial charge >= 0.3 is 0 Å². The highest BCUT2D eigenvalue weighted by molar-refractivity contribution is 6.99. The van der Waals surface area contributed by atoms with Crippen LogP contribution in [0.1, 0.15) is 92.4 Å². The number of benzene rings is 2. The van der Waals surface area contributed by atoms with Crippen molar-refractivity contribution < 1.29 is 9.53 Å². The molecule has 0 radical (unpaired) electrons. The van der Waals surface area contributed by atoms with Crippen molar-refractivity contribution in [2.75, 3.05) is 0 Å². The van der Waals surface area contributed by atoms with E-state index < -0.39 is 14.4 Å². The number of hydrogen-bond acceptors (Lipinski definition) is 2. The van der Waals surface area contributed by atoms with Gasteiger partial charge < -0.3 is 9.53 Å². The normalized spacial score (nSPS) is 37.8. The number of aliphatic hydroxyl groups excluding tert-OH is 1. The fraction of sp³-hybridized carbons (Fsp3) is 0.632. The van der Waals surface area contributed by atoms with Crippen LogP contribution in [0.2, 0.25) is 5.04 Å². The molecule has 6 rings (SSSR count). The number of fused-ring (bicyclic) bond motifs is 5. The van der Waals surface area contributed by atoms with Crippen molar-refractivity contribution in [3.63, 3.8) is 0 Å². The molecule has 0 amide bonds. The molecule has 0 heterocycles. The van der Waals surface area contributed by atoms with E-state index in [4.69, 9.17) is 10.8 Å². The molecule has 0 aliphatic heterocycles. The molecule has 41 heavy (non-hydrogen) atoms. The molecule has 2 aromatic carbocycles. The van der Waals surface area contributed by atoms with Gasteiger partial charge in [-0.2, -0.15) is 0 Å². The van der Waals surface area contributed by atoms with Crippen LogP contribution < -0.4 is 10.4 Å². The average molecular weight is 569 g/mol. The van der Waals surface area contributed by atoms with Gasteiger partial charge in [-0.25, -0.2) is 0 Å². The van der Waals surface area contributed by atoms with Crippen molar-refractivity contribution in [3.05, 3.63) is 60.7 Å². The van der Waals surface area contributed by atoms with Crippen LogP contribution in [-0.4, -0.2) is 25.6 Å². The molecule has 1 N–H and O–H groups in total. The highest BCUT2D eigenvalue weighted by Crippen LogP contribution is 2.68. The molecule has 0 saturated heterocycles. The first-order valence-electron chi connectivity index (χ1n) is 16.5. The van der Waals surface area contributed by atoms with Crippen LogP contribution in [0, 0.1) is 52.8 Å². The standard InChI is InChI=1S/C38H52O2Si/c1-7-35(39)34-21-20-32-31-19-18-27-26-28(22-24-37(27,5)33(31)23-25-38(32,34)6)40-41(36(2,3)4,29-14-10-8-11-15-29)30-16-12-9-13-17-30/h1,8-17,27-28,31-35,39H,18-26H2,2-6H3/t27-,28+,31-,32-,33-,34+,35-,37-,38-/m0/s1. The highest BCUT2D eigenvalue weighted by atomic mass is 28.4. The van der Waals surface area contributed by atoms with Crippen LogP contribution in [0.15, 0.2) is 60.7 Å². The van der Waals surface area contributed by atoms with Crippen LogP contribution in [0.3, 0.4) is 0 Å². The molecule has 9 atom stereocenters. The summed E-state index contributed by atoms with van der Waals surface area (Å²) in [5.74, 6) is 6.02. The van der Waals surface area contributed by atoms with Crippen LogP contribution in [0.4, 0.5) is 0 Å². The van der Waals surface area contributed by atoms with E-state index in [1.165, 1.54) is 61.7 Å². The van der Waals surface area contributed by atoms with Gasteiger partial charge in [0.25, 0.3) is 8.32 Å². The molecule has 4 aliphatic carbocycles. The number of rotatable bonds is 5. The van der Waals surface area contributed by atoms with Gasteiger partial charge in [-0.15, -0.1) is 6.42 Å². The van der Waals surface area contributed by atoms with Crippen molar-refractivity contribution >= 4 is 18.7 Å². The Morgan fingerprint density at radius 2 is 1.41 bits per heavy atom. The quantitative estimate of drug-likeness (QED) is 0.298. The van der Waals surface area contributed by atoms with E-state index >= 15 is 0 Å². The molecule has 4 fully saturated rings. The zero-order valence-corrected chi connectivity index (χ0v) is 27.1. The lowest BCUT2D eigenvalue weighted by Gasteiger charge is -2.61. The Balaban J connectivity index is 1.26. The van der Waals surface area contributed by atoms with Crippen molar-refractivity contribution in [2.24, 2.45) is 40.4 Å². The predicted octanol–water partition coefficient (Wildman–Crippen LogP) is 7.58. The van der Waals surface area contributed by atoms with Gasteiger partial charge in [0, 0.05) is 12.0 Å². The minimum Gasteiger partial charge on any atom is -0.404 e. The van der Waals surface area contributed by atoms with Gasteiger partial charge in [-0.3, -0.25) is 0 Å². The second-order valence-corrected chi connectivity index (χ2v) is 19.9. The molecular formula is C38H52O2Si. The van der Waals surface area contributed by atoms with Gasteiger partial charge in [-0.05, 0) is 108 Å². The maximum Gasteiger partial charge on any atom is 0.261 e. The Labute approximate surface area is 250 Å². The topological polar surface area (TPSA) is 29.5 Å². The van der Waals surface area contributed by atoms with E-state index in [2.05, 4.69) is 101 Å². The van der Waals surface area contributed by atoms with E-state index in [1.54, 1.807) is 0 Å². The summed E-state index contributed by atoms with van der Waals surface area (Å²) in [6.45, 7) is 12.3. The number of terminal acetylenes is 1. The molecular weight excluding hydrogens is 517 g/mol. The molecule has 0 spiro atoms. The highest BCUT2D eigenvalue weighted by Gasteiger charge is 2.61. The van der Waals surface area contributed by atoms with Gasteiger partial charge in [-0.1, -0.05) is 101 Å². The molecule has 0 unspecified atom stereocenters. The van der Waals surface area contributed by atoms with Crippen molar-refractivity contribution in [3.8, 4) is 12.3 Å². The first kappa shape index (κ1) is 29.2. The summed E-state index contributed by atoms with van der Waals surface area (Å²) in [7, 11) is -2.54. The molecule has 4 aliphatic rings. The second-order valence-electron chi connectivity index (χ2n) is 15.7. The lowest BCUT2D eigenvalue weighted by atomic mass is 9.44. The fourth-order valence-corrected chi connectivity index (χ4v) is 15.7. The third-order valence-corrected chi connectivity index (χ3v) is 18.1. The molecule has 4 saturated carbocycles. The lowest BCUT2D eigenvalue weighted by Crippen LogP contribution is -2.68. The third-order valence-electron chi connectivity index (χ3n) is 13.0. The zero-order valence-electron chi connectivity index (χ0n) is 26.1. The predicted molar refractivity (Wildman–Crippen MR) is 173 cm³/mol. The van der Waals surface area contributed by atoms with Gasteiger partial charge in [0.15, 0.2) is 0 Å². The van der Waals surface area contributed by atoms with Crippen molar-refractivity contribution in [1.82, 2.24) is 0 Å². The molecule has 2 aromatic rings. The summed E-state index contributed by atoms with van der Waals surface area (Å²) in [5.41, 5.74) is 0.609. The molecule has 220 valence electrons. The number of hydrogen-bond donors (Lipinski definition) is 1. The maximum atomic E-state index is 10.7. The minimum atomic E-state index is -2.54. The minimum absolute atomic E-state index is 0.0178. The molecule has 3 heteroatoms. The van der Waals surface area contributed by atoms with Crippen LogP contribution in [0.5, 0.6) is 0 Å². The summed E-state index contributed by atoms with van der Waals surface area (Å²) >= 11 is 0. The van der Waals surface area contributed by atoms with E-state index in [-0.39, 0.29) is 16.4 Å². The third kappa shape index (κ3) is 4.59. The van der Waals surface area contributed by atoms with E-state index in [0.29, 0.717) is 11.5 Å². The SMILES string of the molecule is C#C[C@H](O)[C@H]1CC[C@H]2[C@@H]3CC[C@H]4C[C@H](O[Si](c5ccccc5)(c5ccccc5)C(C)(C)C)CC[C@]4(C)[C@H]3CC[C@]12C. The first-order chi connectivity index (χ1) is 19.5. The smallest absolute Gasteiger partial charge is 0.261 e. The summed E-state index contributed by atoms with van der Waals surface area (Å²) in [6.07, 6.45) is 16.7. The summed E-state index contributed by atoms with van der Waals surface area (Å²) in [4.78, 5) is 0. The van der Waals surface area contributed by atoms with Crippen LogP contribution in [-0.2, 0) is 4.43 Å². The van der Waals surface area contributed by atoms with Gasteiger partial charge in [0.2, 0.25) is 0 Å². The largest absolute Gasteiger partial charge is 0.404 e. The summed E-state index contributed by atoms with van der Waals surface area (Å²) < 4.78 is 7.68. The Bertz CT molecular complexity index is 1210. The van der Waals surface area contributed by atoms with Gasteiger partial charge in [0.1, 0.15) is 6.10 Å². The van der Waals surface area contributed by atoms with E-state index in [9.17, 15) is 5.11 Å². The zero-order chi connectivity index (χ0) is 29.0. The Hall–Kier alpha value is -1.86. The fourth-order valence-electron chi connectivity index (χ4n) is 10.9. The van der Waals surface area contributed by atoms with Crippen LogP contribution >= 0.6 is 0 Å². The van der Waals surface area contributed by atoms with E-state index in [1.807, 2.05) is 0 Å². The van der Waals surface area contributed by atoms with Crippen molar-refractivity contribution in [2.45, 2.75) is 110 Å². The monoisotopic (exact) mass is 568 g/mol. The molecule has 0 aromatic heterocycles. The van der Waals surface area contributed by atoms with E-state index in [0.717, 1.165) is 30.1 Å². The molecule has 2 nitrogen and oxygen atoms in total. The van der Waals surface area contributed by atoms with Gasteiger partial charge in [0.05, 0.1) is 0 Å². The Kier molecular flexibility index (Phi) is 7.62. The average Bonchev–Trinajstić information content (AvgIpc) is 3.33. The van der Waals surface area contributed by atoms with Crippen molar-refractivity contribution in [1.29, 1.82) is 0 Å². The Morgan fingerprint density at radius 1 is 0.829 bits per heavy atom. The summed E-state index contributed by atoms with van der Waals surface area (Å²) in [5, 5.41) is 13.5. The maximum absolute atomic E-state index is 10.7. The lowest BCUT2D eigenvalue weighted by molar-refractivity contribution is -0.129. The number of aliphatic hydroxyl groups is 1. The second kappa shape index (κ2) is 10.7. The molecule has 0 bridgehead atoms. The Morgan fingerprint density at radius 3 is 2.00 bits per heavy atom. The van der Waals surface area contributed by atoms with Crippen LogP contribution in [0.25, 0.3) is 0 Å². The summed E-state index contributed by atoms with van der Waals surface area (Å²) in [6, 6.07) is 22.4. The first-order valence-corrected chi connectivity index (χ1v) is 18.4.